The first-order valence-corrected chi connectivity index (χ1v) is 9.81. The Balaban J connectivity index is 1.93. The summed E-state index contributed by atoms with van der Waals surface area (Å²) in [6.45, 7) is 6.73. The summed E-state index contributed by atoms with van der Waals surface area (Å²) in [5.41, 5.74) is 2.67. The summed E-state index contributed by atoms with van der Waals surface area (Å²) in [4.78, 5) is 7.77. The molecule has 3 rings (SSSR count). The van der Waals surface area contributed by atoms with Crippen LogP contribution >= 0.6 is 11.3 Å². The molecule has 130 valence electrons. The van der Waals surface area contributed by atoms with Crippen molar-refractivity contribution in [2.75, 3.05) is 45.2 Å². The zero-order valence-corrected chi connectivity index (χ0v) is 15.9. The second-order valence-corrected chi connectivity index (χ2v) is 7.89. The van der Waals surface area contributed by atoms with E-state index in [1.807, 2.05) is 11.3 Å². The van der Waals surface area contributed by atoms with Crippen molar-refractivity contribution < 1.29 is 0 Å². The van der Waals surface area contributed by atoms with E-state index in [2.05, 4.69) is 72.5 Å². The topological polar surface area (TPSA) is 18.5 Å². The van der Waals surface area contributed by atoms with Crippen molar-refractivity contribution in [1.29, 1.82) is 0 Å². The third-order valence-electron chi connectivity index (χ3n) is 4.77. The van der Waals surface area contributed by atoms with E-state index in [0.717, 1.165) is 32.6 Å². The number of anilines is 1. The van der Waals surface area contributed by atoms with Gasteiger partial charge in [0.15, 0.2) is 0 Å². The van der Waals surface area contributed by atoms with Crippen LogP contribution in [0.15, 0.2) is 36.4 Å². The number of aryl methyl sites for hydroxylation is 1. The molecule has 2 heterocycles. The van der Waals surface area contributed by atoms with Crippen LogP contribution in [0.2, 0.25) is 0 Å². The summed E-state index contributed by atoms with van der Waals surface area (Å²) in [6.07, 6.45) is 2.34. The van der Waals surface area contributed by atoms with Gasteiger partial charge in [0.2, 0.25) is 0 Å². The van der Waals surface area contributed by atoms with Gasteiger partial charge in [0.05, 0.1) is 6.04 Å². The average Bonchev–Trinajstić information content (AvgIpc) is 2.90. The highest BCUT2D eigenvalue weighted by Crippen LogP contribution is 2.34. The van der Waals surface area contributed by atoms with E-state index in [4.69, 9.17) is 0 Å². The van der Waals surface area contributed by atoms with Crippen molar-refractivity contribution in [1.82, 2.24) is 10.2 Å². The number of benzene rings is 1. The van der Waals surface area contributed by atoms with Crippen molar-refractivity contribution in [3.05, 3.63) is 51.7 Å². The molecule has 24 heavy (non-hydrogen) atoms. The van der Waals surface area contributed by atoms with Gasteiger partial charge in [0.1, 0.15) is 0 Å². The maximum atomic E-state index is 3.53. The number of rotatable bonds is 5. The number of thiophene rings is 1. The predicted molar refractivity (Wildman–Crippen MR) is 105 cm³/mol. The molecule has 2 aromatic rings. The SMILES string of the molecule is CCc1ccc(C(c2ccc(N(C)C)cc2)N2CCCNCC2)s1. The Hall–Kier alpha value is -1.36. The molecule has 0 saturated carbocycles. The lowest BCUT2D eigenvalue weighted by Gasteiger charge is -2.30. The van der Waals surface area contributed by atoms with Crippen molar-refractivity contribution in [2.45, 2.75) is 25.8 Å². The van der Waals surface area contributed by atoms with Gasteiger partial charge in [-0.05, 0) is 49.2 Å². The van der Waals surface area contributed by atoms with Gasteiger partial charge in [-0.15, -0.1) is 11.3 Å². The van der Waals surface area contributed by atoms with E-state index in [1.165, 1.54) is 27.4 Å². The molecule has 1 aromatic heterocycles. The summed E-state index contributed by atoms with van der Waals surface area (Å²) in [5.74, 6) is 0. The molecule has 1 unspecified atom stereocenters. The van der Waals surface area contributed by atoms with Crippen molar-refractivity contribution in [3.63, 3.8) is 0 Å². The molecular weight excluding hydrogens is 314 g/mol. The highest BCUT2D eigenvalue weighted by molar-refractivity contribution is 7.12. The van der Waals surface area contributed by atoms with Gasteiger partial charge in [-0.2, -0.15) is 0 Å². The monoisotopic (exact) mass is 343 g/mol. The summed E-state index contributed by atoms with van der Waals surface area (Å²) < 4.78 is 0. The molecule has 0 bridgehead atoms. The van der Waals surface area contributed by atoms with E-state index in [-0.39, 0.29) is 0 Å². The lowest BCUT2D eigenvalue weighted by Crippen LogP contribution is -2.32. The molecule has 1 N–H and O–H groups in total. The lowest BCUT2D eigenvalue weighted by atomic mass is 10.0. The second-order valence-electron chi connectivity index (χ2n) is 6.69. The fourth-order valence-corrected chi connectivity index (χ4v) is 4.48. The number of nitrogens with one attached hydrogen (secondary N) is 1. The van der Waals surface area contributed by atoms with Gasteiger partial charge in [-0.1, -0.05) is 19.1 Å². The summed E-state index contributed by atoms with van der Waals surface area (Å²) in [5, 5.41) is 3.53. The fraction of sp³-hybridized carbons (Fsp3) is 0.500. The van der Waals surface area contributed by atoms with Crippen LogP contribution in [0, 0.1) is 0 Å². The molecule has 0 spiro atoms. The van der Waals surface area contributed by atoms with Crippen LogP contribution in [-0.4, -0.2) is 45.2 Å². The van der Waals surface area contributed by atoms with Crippen LogP contribution in [0.25, 0.3) is 0 Å². The Morgan fingerprint density at radius 3 is 2.54 bits per heavy atom. The zero-order valence-electron chi connectivity index (χ0n) is 15.1. The first kappa shape index (κ1) is 17.5. The Kier molecular flexibility index (Phi) is 5.93. The maximum Gasteiger partial charge on any atom is 0.0696 e. The van der Waals surface area contributed by atoms with Gasteiger partial charge in [-0.25, -0.2) is 0 Å². The van der Waals surface area contributed by atoms with E-state index in [0.29, 0.717) is 6.04 Å². The van der Waals surface area contributed by atoms with Crippen LogP contribution in [0.1, 0.15) is 34.7 Å². The minimum Gasteiger partial charge on any atom is -0.378 e. The fourth-order valence-electron chi connectivity index (χ4n) is 3.37. The van der Waals surface area contributed by atoms with E-state index < -0.39 is 0 Å². The van der Waals surface area contributed by atoms with E-state index in [9.17, 15) is 0 Å². The number of hydrogen-bond acceptors (Lipinski definition) is 4. The molecule has 1 atom stereocenters. The first-order chi connectivity index (χ1) is 11.7. The minimum absolute atomic E-state index is 0.381. The van der Waals surface area contributed by atoms with Crippen LogP contribution in [0.5, 0.6) is 0 Å². The Morgan fingerprint density at radius 2 is 1.88 bits per heavy atom. The lowest BCUT2D eigenvalue weighted by molar-refractivity contribution is 0.244. The zero-order chi connectivity index (χ0) is 16.9. The van der Waals surface area contributed by atoms with Gasteiger partial charge >= 0.3 is 0 Å². The van der Waals surface area contributed by atoms with Crippen LogP contribution in [-0.2, 0) is 6.42 Å². The number of nitrogens with zero attached hydrogens (tertiary/aromatic N) is 2. The molecule has 1 saturated heterocycles. The molecule has 1 aliphatic rings. The summed E-state index contributed by atoms with van der Waals surface area (Å²) >= 11 is 1.97. The van der Waals surface area contributed by atoms with Crippen LogP contribution in [0.4, 0.5) is 5.69 Å². The van der Waals surface area contributed by atoms with E-state index in [1.54, 1.807) is 0 Å². The standard InChI is InChI=1S/C20H29N3S/c1-4-18-10-11-19(24-18)20(23-14-5-12-21-13-15-23)16-6-8-17(9-7-16)22(2)3/h6-11,20-21H,4-5,12-15H2,1-3H3. The highest BCUT2D eigenvalue weighted by Gasteiger charge is 2.24. The van der Waals surface area contributed by atoms with Crippen molar-refractivity contribution >= 4 is 17.0 Å². The van der Waals surface area contributed by atoms with Crippen LogP contribution in [0.3, 0.4) is 0 Å². The summed E-state index contributed by atoms with van der Waals surface area (Å²) in [7, 11) is 4.19. The quantitative estimate of drug-likeness (QED) is 0.892. The van der Waals surface area contributed by atoms with Crippen molar-refractivity contribution in [3.8, 4) is 0 Å². The second kappa shape index (κ2) is 8.15. The normalized spacial score (nSPS) is 17.5. The minimum atomic E-state index is 0.381. The van der Waals surface area contributed by atoms with Gasteiger partial charge in [-0.3, -0.25) is 4.90 Å². The van der Waals surface area contributed by atoms with Crippen LogP contribution < -0.4 is 10.2 Å². The highest BCUT2D eigenvalue weighted by atomic mass is 32.1. The smallest absolute Gasteiger partial charge is 0.0696 e. The predicted octanol–water partition coefficient (Wildman–Crippen LogP) is 3.76. The Labute approximate surface area is 150 Å². The molecule has 0 radical (unpaired) electrons. The van der Waals surface area contributed by atoms with E-state index >= 15 is 0 Å². The first-order valence-electron chi connectivity index (χ1n) is 8.99. The third kappa shape index (κ3) is 4.00. The van der Waals surface area contributed by atoms with Gasteiger partial charge in [0.25, 0.3) is 0 Å². The molecule has 1 aliphatic heterocycles. The Morgan fingerprint density at radius 1 is 1.08 bits per heavy atom. The van der Waals surface area contributed by atoms with Crippen molar-refractivity contribution in [2.24, 2.45) is 0 Å². The largest absolute Gasteiger partial charge is 0.378 e. The van der Waals surface area contributed by atoms with Gasteiger partial charge in [0, 0.05) is 49.2 Å². The average molecular weight is 344 g/mol. The number of hydrogen-bond donors (Lipinski definition) is 1. The molecule has 0 amide bonds. The van der Waals surface area contributed by atoms with Gasteiger partial charge < -0.3 is 10.2 Å². The maximum absolute atomic E-state index is 3.53. The molecule has 3 nitrogen and oxygen atoms in total. The Bertz CT molecular complexity index is 625. The molecular formula is C20H29N3S. The molecule has 0 aliphatic carbocycles. The molecule has 1 fully saturated rings. The third-order valence-corrected chi connectivity index (χ3v) is 6.05. The molecule has 1 aromatic carbocycles. The summed E-state index contributed by atoms with van der Waals surface area (Å²) in [6, 6.07) is 14.1. The molecule has 4 heteroatoms.